The van der Waals surface area contributed by atoms with E-state index in [0.717, 1.165) is 62.3 Å². The zero-order valence-electron chi connectivity index (χ0n) is 18.7. The van der Waals surface area contributed by atoms with E-state index in [1.807, 2.05) is 24.3 Å². The summed E-state index contributed by atoms with van der Waals surface area (Å²) in [6, 6.07) is 16.3. The summed E-state index contributed by atoms with van der Waals surface area (Å²) in [5.41, 5.74) is 2.77. The molecule has 0 saturated heterocycles. The summed E-state index contributed by atoms with van der Waals surface area (Å²) in [4.78, 5) is 15.8. The van der Waals surface area contributed by atoms with Crippen LogP contribution in [-0.2, 0) is 10.2 Å². The van der Waals surface area contributed by atoms with Crippen molar-refractivity contribution in [1.82, 2.24) is 4.90 Å². The summed E-state index contributed by atoms with van der Waals surface area (Å²) in [7, 11) is 0. The number of carbonyl (C=O) groups is 1. The number of hydrogen-bond acceptors (Lipinski definition) is 3. The highest BCUT2D eigenvalue weighted by atomic mass is 16.5. The highest BCUT2D eigenvalue weighted by molar-refractivity contribution is 5.99. The molecule has 30 heavy (non-hydrogen) atoms. The summed E-state index contributed by atoms with van der Waals surface area (Å²) in [5.74, 6) is 0.951. The number of nitrogens with zero attached hydrogens (tertiary/aromatic N) is 1. The quantitative estimate of drug-likeness (QED) is 0.591. The van der Waals surface area contributed by atoms with E-state index in [4.69, 9.17) is 4.74 Å². The van der Waals surface area contributed by atoms with Crippen LogP contribution in [0.4, 0.5) is 5.69 Å². The molecule has 0 atom stereocenters. The van der Waals surface area contributed by atoms with E-state index in [-0.39, 0.29) is 5.91 Å². The third-order valence-corrected chi connectivity index (χ3v) is 6.43. The van der Waals surface area contributed by atoms with Crippen LogP contribution in [0.1, 0.15) is 57.1 Å². The number of amides is 1. The van der Waals surface area contributed by atoms with Crippen molar-refractivity contribution in [2.75, 3.05) is 31.6 Å². The van der Waals surface area contributed by atoms with Crippen molar-refractivity contribution in [3.05, 3.63) is 59.7 Å². The van der Waals surface area contributed by atoms with Gasteiger partial charge in [-0.1, -0.05) is 62.9 Å². The van der Waals surface area contributed by atoms with Crippen LogP contribution in [-0.4, -0.2) is 37.0 Å². The molecule has 0 aliphatic heterocycles. The van der Waals surface area contributed by atoms with Gasteiger partial charge in [0.1, 0.15) is 12.4 Å². The first-order valence-corrected chi connectivity index (χ1v) is 11.4. The minimum absolute atomic E-state index is 0.112. The number of aryl methyl sites for hydroxylation is 1. The first-order chi connectivity index (χ1) is 14.6. The van der Waals surface area contributed by atoms with Crippen LogP contribution in [0.25, 0.3) is 0 Å². The maximum atomic E-state index is 13.4. The van der Waals surface area contributed by atoms with Crippen molar-refractivity contribution < 1.29 is 9.53 Å². The number of ether oxygens (including phenoxy) is 1. The van der Waals surface area contributed by atoms with E-state index in [1.165, 1.54) is 12.0 Å². The molecule has 0 radical (unpaired) electrons. The average molecular weight is 409 g/mol. The highest BCUT2D eigenvalue weighted by Gasteiger charge is 2.41. The number of carbonyl (C=O) groups excluding carboxylic acids is 1. The van der Waals surface area contributed by atoms with Crippen molar-refractivity contribution >= 4 is 11.6 Å². The van der Waals surface area contributed by atoms with E-state index >= 15 is 0 Å². The Balaban J connectivity index is 1.65. The SMILES string of the molecule is CCN(CC)CCOc1ccc(NC(=O)C2(c3ccc(C)cc3)CCCCC2)cc1. The molecule has 3 rings (SSSR count). The minimum atomic E-state index is -0.426. The summed E-state index contributed by atoms with van der Waals surface area (Å²) >= 11 is 0. The highest BCUT2D eigenvalue weighted by Crippen LogP contribution is 2.40. The largest absolute Gasteiger partial charge is 0.492 e. The van der Waals surface area contributed by atoms with E-state index in [0.29, 0.717) is 6.61 Å². The molecule has 1 aliphatic carbocycles. The molecule has 2 aromatic carbocycles. The molecule has 0 aromatic heterocycles. The Kier molecular flexibility index (Phi) is 7.92. The maximum absolute atomic E-state index is 13.4. The molecule has 1 aliphatic rings. The molecule has 1 fully saturated rings. The second-order valence-corrected chi connectivity index (χ2v) is 8.36. The number of nitrogens with one attached hydrogen (secondary N) is 1. The molecule has 1 amide bonds. The summed E-state index contributed by atoms with van der Waals surface area (Å²) in [6.07, 6.45) is 5.23. The fraction of sp³-hybridized carbons (Fsp3) is 0.500. The minimum Gasteiger partial charge on any atom is -0.492 e. The molecular weight excluding hydrogens is 372 g/mol. The first-order valence-electron chi connectivity index (χ1n) is 11.4. The van der Waals surface area contributed by atoms with Gasteiger partial charge in [0.25, 0.3) is 0 Å². The smallest absolute Gasteiger partial charge is 0.235 e. The van der Waals surface area contributed by atoms with Crippen molar-refractivity contribution in [2.24, 2.45) is 0 Å². The Bertz CT molecular complexity index is 789. The number of hydrogen-bond donors (Lipinski definition) is 1. The first kappa shape index (κ1) is 22.4. The Morgan fingerprint density at radius 3 is 2.20 bits per heavy atom. The zero-order chi connectivity index (χ0) is 21.4. The molecule has 0 heterocycles. The zero-order valence-corrected chi connectivity index (χ0v) is 18.7. The molecule has 4 heteroatoms. The molecule has 162 valence electrons. The van der Waals surface area contributed by atoms with Gasteiger partial charge in [0.05, 0.1) is 5.41 Å². The molecule has 0 spiro atoms. The lowest BCUT2D eigenvalue weighted by Crippen LogP contribution is -2.42. The van der Waals surface area contributed by atoms with Gasteiger partial charge in [0.15, 0.2) is 0 Å². The van der Waals surface area contributed by atoms with Crippen LogP contribution >= 0.6 is 0 Å². The topological polar surface area (TPSA) is 41.6 Å². The van der Waals surface area contributed by atoms with Crippen molar-refractivity contribution in [1.29, 1.82) is 0 Å². The molecule has 1 saturated carbocycles. The normalized spacial score (nSPS) is 15.7. The monoisotopic (exact) mass is 408 g/mol. The second kappa shape index (κ2) is 10.6. The predicted molar refractivity (Wildman–Crippen MR) is 124 cm³/mol. The van der Waals surface area contributed by atoms with Gasteiger partial charge in [-0.25, -0.2) is 0 Å². The number of likely N-dealkylation sites (N-methyl/N-ethyl adjacent to an activating group) is 1. The van der Waals surface area contributed by atoms with Gasteiger partial charge in [-0.2, -0.15) is 0 Å². The van der Waals surface area contributed by atoms with Gasteiger partial charge < -0.3 is 15.0 Å². The Morgan fingerprint density at radius 1 is 0.967 bits per heavy atom. The number of anilines is 1. The fourth-order valence-electron chi connectivity index (χ4n) is 4.39. The number of rotatable bonds is 9. The predicted octanol–water partition coefficient (Wildman–Crippen LogP) is 5.56. The van der Waals surface area contributed by atoms with E-state index in [2.05, 4.69) is 55.3 Å². The van der Waals surface area contributed by atoms with Gasteiger partial charge in [-0.3, -0.25) is 4.79 Å². The summed E-state index contributed by atoms with van der Waals surface area (Å²) < 4.78 is 5.86. The maximum Gasteiger partial charge on any atom is 0.235 e. The molecule has 0 bridgehead atoms. The van der Waals surface area contributed by atoms with Crippen LogP contribution in [0, 0.1) is 6.92 Å². The molecule has 4 nitrogen and oxygen atoms in total. The molecular formula is C26H36N2O2. The lowest BCUT2D eigenvalue weighted by atomic mass is 9.68. The van der Waals surface area contributed by atoms with Crippen LogP contribution in [0.3, 0.4) is 0 Å². The van der Waals surface area contributed by atoms with E-state index in [1.54, 1.807) is 0 Å². The molecule has 0 unspecified atom stereocenters. The summed E-state index contributed by atoms with van der Waals surface area (Å²) in [6.45, 7) is 10.1. The Hall–Kier alpha value is -2.33. The lowest BCUT2D eigenvalue weighted by Gasteiger charge is -2.36. The van der Waals surface area contributed by atoms with Gasteiger partial charge in [0.2, 0.25) is 5.91 Å². The third-order valence-electron chi connectivity index (χ3n) is 6.43. The molecule has 1 N–H and O–H groups in total. The summed E-state index contributed by atoms with van der Waals surface area (Å²) in [5, 5.41) is 3.18. The van der Waals surface area contributed by atoms with Crippen molar-refractivity contribution in [2.45, 2.75) is 58.3 Å². The van der Waals surface area contributed by atoms with Gasteiger partial charge in [-0.05, 0) is 62.7 Å². The third kappa shape index (κ3) is 5.42. The van der Waals surface area contributed by atoms with Crippen LogP contribution in [0.15, 0.2) is 48.5 Å². The van der Waals surface area contributed by atoms with Gasteiger partial charge in [-0.15, -0.1) is 0 Å². The van der Waals surface area contributed by atoms with Crippen LogP contribution in [0.5, 0.6) is 5.75 Å². The van der Waals surface area contributed by atoms with Gasteiger partial charge in [0, 0.05) is 12.2 Å². The van der Waals surface area contributed by atoms with Crippen molar-refractivity contribution in [3.8, 4) is 5.75 Å². The average Bonchev–Trinajstić information content (AvgIpc) is 2.79. The van der Waals surface area contributed by atoms with Crippen LogP contribution in [0.2, 0.25) is 0 Å². The lowest BCUT2D eigenvalue weighted by molar-refractivity contribution is -0.122. The second-order valence-electron chi connectivity index (χ2n) is 8.36. The van der Waals surface area contributed by atoms with E-state index in [9.17, 15) is 4.79 Å². The standard InChI is InChI=1S/C26H36N2O2/c1-4-28(5-2)19-20-30-24-15-13-23(14-16-24)27-25(29)26(17-7-6-8-18-26)22-11-9-21(3)10-12-22/h9-16H,4-8,17-20H2,1-3H3,(H,27,29). The number of benzene rings is 2. The Morgan fingerprint density at radius 2 is 1.60 bits per heavy atom. The molecule has 2 aromatic rings. The van der Waals surface area contributed by atoms with Crippen LogP contribution < -0.4 is 10.1 Å². The fourth-order valence-corrected chi connectivity index (χ4v) is 4.39. The van der Waals surface area contributed by atoms with E-state index < -0.39 is 5.41 Å². The Labute approximate surface area is 181 Å². The van der Waals surface area contributed by atoms with Crippen molar-refractivity contribution in [3.63, 3.8) is 0 Å². The van der Waals surface area contributed by atoms with Gasteiger partial charge >= 0.3 is 0 Å².